The van der Waals surface area contributed by atoms with E-state index >= 15 is 0 Å². The second-order valence-electron chi connectivity index (χ2n) is 3.35. The molecule has 0 aliphatic rings. The van der Waals surface area contributed by atoms with Crippen molar-refractivity contribution < 1.29 is 24.5 Å². The van der Waals surface area contributed by atoms with Crippen molar-refractivity contribution in [1.82, 2.24) is 5.32 Å². The Morgan fingerprint density at radius 3 is 2.41 bits per heavy atom. The normalized spacial score (nSPS) is 11.6. The highest BCUT2D eigenvalue weighted by Crippen LogP contribution is 2.19. The summed E-state index contributed by atoms with van der Waals surface area (Å²) in [6, 6.07) is 5.93. The van der Waals surface area contributed by atoms with Gasteiger partial charge in [0.2, 0.25) is 0 Å². The van der Waals surface area contributed by atoms with Crippen molar-refractivity contribution in [3.8, 4) is 5.75 Å². The molecule has 92 valence electrons. The second-order valence-corrected chi connectivity index (χ2v) is 3.35. The number of phenolic OH excluding ortho intramolecular Hbond substituents is 1. The number of methoxy groups -OCH3 is 1. The predicted octanol–water partition coefficient (Wildman–Crippen LogP) is 0.916. The van der Waals surface area contributed by atoms with Gasteiger partial charge in [-0.15, -0.1) is 0 Å². The lowest BCUT2D eigenvalue weighted by molar-refractivity contribution is -0.142. The second kappa shape index (κ2) is 5.74. The molecule has 0 aliphatic heterocycles. The summed E-state index contributed by atoms with van der Waals surface area (Å²) >= 11 is 0. The maximum Gasteiger partial charge on any atom is 0.404 e. The lowest BCUT2D eigenvalue weighted by Crippen LogP contribution is -2.31. The third-order valence-electron chi connectivity index (χ3n) is 2.24. The van der Waals surface area contributed by atoms with Crippen LogP contribution in [0.5, 0.6) is 5.75 Å². The highest BCUT2D eigenvalue weighted by atomic mass is 16.5. The van der Waals surface area contributed by atoms with E-state index in [1.54, 1.807) is 12.1 Å². The molecule has 1 aromatic rings. The van der Waals surface area contributed by atoms with E-state index in [1.807, 2.05) is 0 Å². The van der Waals surface area contributed by atoms with Gasteiger partial charge in [-0.2, -0.15) is 0 Å². The van der Waals surface area contributed by atoms with Gasteiger partial charge in [0.15, 0.2) is 0 Å². The molecule has 1 unspecified atom stereocenters. The first kappa shape index (κ1) is 12.8. The minimum absolute atomic E-state index is 0.0727. The van der Waals surface area contributed by atoms with Crippen molar-refractivity contribution in [2.75, 3.05) is 13.7 Å². The number of carbonyl (C=O) groups is 2. The molecule has 0 spiro atoms. The first-order valence-electron chi connectivity index (χ1n) is 4.88. The summed E-state index contributed by atoms with van der Waals surface area (Å²) in [4.78, 5) is 21.9. The van der Waals surface area contributed by atoms with Crippen LogP contribution in [0.4, 0.5) is 4.79 Å². The van der Waals surface area contributed by atoms with Gasteiger partial charge in [-0.25, -0.2) is 4.79 Å². The number of nitrogens with one attached hydrogen (secondary N) is 1. The number of hydrogen-bond acceptors (Lipinski definition) is 4. The third-order valence-corrected chi connectivity index (χ3v) is 2.24. The molecule has 0 aliphatic carbocycles. The lowest BCUT2D eigenvalue weighted by Gasteiger charge is -2.14. The van der Waals surface area contributed by atoms with E-state index < -0.39 is 18.0 Å². The van der Waals surface area contributed by atoms with E-state index in [0.29, 0.717) is 5.56 Å². The van der Waals surface area contributed by atoms with Crippen molar-refractivity contribution in [2.24, 2.45) is 0 Å². The zero-order valence-electron chi connectivity index (χ0n) is 9.21. The summed E-state index contributed by atoms with van der Waals surface area (Å²) in [5.41, 5.74) is 0.573. The highest BCUT2D eigenvalue weighted by molar-refractivity contribution is 5.79. The highest BCUT2D eigenvalue weighted by Gasteiger charge is 2.21. The maximum absolute atomic E-state index is 11.5. The number of esters is 1. The van der Waals surface area contributed by atoms with Crippen molar-refractivity contribution in [3.63, 3.8) is 0 Å². The Labute approximate surface area is 97.8 Å². The number of hydrogen-bond donors (Lipinski definition) is 3. The number of phenols is 1. The fourth-order valence-electron chi connectivity index (χ4n) is 1.38. The fourth-order valence-corrected chi connectivity index (χ4v) is 1.38. The van der Waals surface area contributed by atoms with Crippen LogP contribution in [-0.4, -0.2) is 35.9 Å². The van der Waals surface area contributed by atoms with Crippen LogP contribution in [0.2, 0.25) is 0 Å². The SMILES string of the molecule is COC(=O)C(CNC(=O)O)c1ccc(O)cc1. The Morgan fingerprint density at radius 1 is 1.35 bits per heavy atom. The van der Waals surface area contributed by atoms with E-state index in [1.165, 1.54) is 19.2 Å². The lowest BCUT2D eigenvalue weighted by atomic mass is 9.99. The van der Waals surface area contributed by atoms with E-state index in [9.17, 15) is 9.59 Å². The van der Waals surface area contributed by atoms with Crippen LogP contribution in [-0.2, 0) is 9.53 Å². The van der Waals surface area contributed by atoms with Crippen molar-refractivity contribution in [1.29, 1.82) is 0 Å². The zero-order valence-corrected chi connectivity index (χ0v) is 9.21. The molecule has 0 heterocycles. The molecule has 0 radical (unpaired) electrons. The van der Waals surface area contributed by atoms with E-state index in [4.69, 9.17) is 10.2 Å². The number of carbonyl (C=O) groups excluding carboxylic acids is 1. The number of carboxylic acid groups (broad SMARTS) is 1. The maximum atomic E-state index is 11.5. The van der Waals surface area contributed by atoms with Gasteiger partial charge in [-0.1, -0.05) is 12.1 Å². The predicted molar refractivity (Wildman–Crippen MR) is 58.9 cm³/mol. The molecule has 6 nitrogen and oxygen atoms in total. The Hall–Kier alpha value is -2.24. The molecular formula is C11H13NO5. The average Bonchev–Trinajstić information content (AvgIpc) is 2.30. The van der Waals surface area contributed by atoms with Crippen molar-refractivity contribution >= 4 is 12.1 Å². The Kier molecular flexibility index (Phi) is 4.33. The molecule has 1 amide bonds. The molecule has 17 heavy (non-hydrogen) atoms. The fraction of sp³-hybridized carbons (Fsp3) is 0.273. The molecule has 0 bridgehead atoms. The van der Waals surface area contributed by atoms with E-state index in [0.717, 1.165) is 0 Å². The minimum Gasteiger partial charge on any atom is -0.508 e. The van der Waals surface area contributed by atoms with Crippen LogP contribution in [0.3, 0.4) is 0 Å². The van der Waals surface area contributed by atoms with E-state index in [-0.39, 0.29) is 12.3 Å². The Balaban J connectivity index is 2.85. The first-order chi connectivity index (χ1) is 8.04. The molecular weight excluding hydrogens is 226 g/mol. The van der Waals surface area contributed by atoms with Gasteiger partial charge >= 0.3 is 12.1 Å². The smallest absolute Gasteiger partial charge is 0.404 e. The van der Waals surface area contributed by atoms with Crippen LogP contribution < -0.4 is 5.32 Å². The topological polar surface area (TPSA) is 95.9 Å². The van der Waals surface area contributed by atoms with Crippen LogP contribution in [0.1, 0.15) is 11.5 Å². The van der Waals surface area contributed by atoms with Gasteiger partial charge in [0.1, 0.15) is 5.75 Å². The standard InChI is InChI=1S/C11H13NO5/c1-17-10(14)9(6-12-11(15)16)7-2-4-8(13)5-3-7/h2-5,9,12-13H,6H2,1H3,(H,15,16). The van der Waals surface area contributed by atoms with Gasteiger partial charge in [0.05, 0.1) is 13.0 Å². The number of ether oxygens (including phenoxy) is 1. The summed E-state index contributed by atoms with van der Waals surface area (Å²) in [6.45, 7) is -0.0766. The molecule has 1 aromatic carbocycles. The quantitative estimate of drug-likeness (QED) is 0.679. The molecule has 0 saturated heterocycles. The minimum atomic E-state index is -1.21. The van der Waals surface area contributed by atoms with Crippen molar-refractivity contribution in [2.45, 2.75) is 5.92 Å². The first-order valence-corrected chi connectivity index (χ1v) is 4.88. The number of benzene rings is 1. The van der Waals surface area contributed by atoms with Crippen molar-refractivity contribution in [3.05, 3.63) is 29.8 Å². The Morgan fingerprint density at radius 2 is 1.94 bits per heavy atom. The largest absolute Gasteiger partial charge is 0.508 e. The van der Waals surface area contributed by atoms with Crippen LogP contribution in [0.25, 0.3) is 0 Å². The van der Waals surface area contributed by atoms with Gasteiger partial charge in [-0.3, -0.25) is 4.79 Å². The zero-order chi connectivity index (χ0) is 12.8. The van der Waals surface area contributed by atoms with Gasteiger partial charge in [0, 0.05) is 6.54 Å². The Bertz CT molecular complexity index is 401. The van der Waals surface area contributed by atoms with E-state index in [2.05, 4.69) is 10.1 Å². The number of amides is 1. The van der Waals surface area contributed by atoms with Gasteiger partial charge < -0.3 is 20.3 Å². The molecule has 3 N–H and O–H groups in total. The molecule has 0 fully saturated rings. The monoisotopic (exact) mass is 239 g/mol. The van der Waals surface area contributed by atoms with Gasteiger partial charge in [-0.05, 0) is 17.7 Å². The molecule has 0 saturated carbocycles. The molecule has 1 rings (SSSR count). The van der Waals surface area contributed by atoms with Crippen LogP contribution >= 0.6 is 0 Å². The molecule has 0 aromatic heterocycles. The number of aromatic hydroxyl groups is 1. The third kappa shape index (κ3) is 3.67. The summed E-state index contributed by atoms with van der Waals surface area (Å²) in [6.07, 6.45) is -1.21. The summed E-state index contributed by atoms with van der Waals surface area (Å²) < 4.78 is 4.59. The van der Waals surface area contributed by atoms with Crippen LogP contribution in [0, 0.1) is 0 Å². The summed E-state index contributed by atoms with van der Waals surface area (Å²) in [7, 11) is 1.23. The molecule has 1 atom stereocenters. The average molecular weight is 239 g/mol. The summed E-state index contributed by atoms with van der Waals surface area (Å²) in [5, 5.41) is 19.8. The van der Waals surface area contributed by atoms with Crippen LogP contribution in [0.15, 0.2) is 24.3 Å². The number of rotatable bonds is 4. The van der Waals surface area contributed by atoms with Gasteiger partial charge in [0.25, 0.3) is 0 Å². The molecule has 6 heteroatoms. The summed E-state index contributed by atoms with van der Waals surface area (Å²) in [5.74, 6) is -1.19.